The van der Waals surface area contributed by atoms with Crippen LogP contribution in [0.1, 0.15) is 0 Å². The van der Waals surface area contributed by atoms with Gasteiger partial charge in [0.05, 0.1) is 5.69 Å². The molecule has 0 radical (unpaired) electrons. The Kier molecular flexibility index (Phi) is 5.91. The molecule has 0 saturated heterocycles. The molecule has 9 aromatic carbocycles. The molecule has 0 aliphatic rings. The Bertz CT molecular complexity index is 2840. The fourth-order valence-electron chi connectivity index (χ4n) is 7.48. The van der Waals surface area contributed by atoms with Crippen LogP contribution in [0.5, 0.6) is 0 Å². The highest BCUT2D eigenvalue weighted by Crippen LogP contribution is 2.43. The van der Waals surface area contributed by atoms with Gasteiger partial charge in [0.2, 0.25) is 0 Å². The zero-order chi connectivity index (χ0) is 31.6. The summed E-state index contributed by atoms with van der Waals surface area (Å²) in [6, 6.07) is 63.5. The molecule has 48 heavy (non-hydrogen) atoms. The molecule has 0 fully saturated rings. The minimum atomic E-state index is 0.912. The molecule has 0 aliphatic carbocycles. The number of anilines is 3. The van der Waals surface area contributed by atoms with Gasteiger partial charge in [0, 0.05) is 27.5 Å². The van der Waals surface area contributed by atoms with Crippen molar-refractivity contribution in [3.8, 4) is 11.1 Å². The van der Waals surface area contributed by atoms with Crippen molar-refractivity contribution in [1.29, 1.82) is 0 Å². The molecule has 224 valence electrons. The van der Waals surface area contributed by atoms with Crippen LogP contribution < -0.4 is 4.90 Å². The molecule has 0 amide bonds. The molecule has 10 aromatic rings. The number of furan rings is 1. The molecule has 2 nitrogen and oxygen atoms in total. The van der Waals surface area contributed by atoms with E-state index in [1.807, 2.05) is 12.1 Å². The fourth-order valence-corrected chi connectivity index (χ4v) is 7.48. The van der Waals surface area contributed by atoms with Gasteiger partial charge in [-0.25, -0.2) is 0 Å². The Morgan fingerprint density at radius 1 is 0.312 bits per heavy atom. The molecule has 0 bridgehead atoms. The Balaban J connectivity index is 1.17. The summed E-state index contributed by atoms with van der Waals surface area (Å²) in [5, 5.41) is 12.3. The molecular weight excluding hydrogens is 583 g/mol. The molecule has 1 aromatic heterocycles. The normalized spacial score (nSPS) is 11.8. The van der Waals surface area contributed by atoms with Gasteiger partial charge in [0.1, 0.15) is 11.2 Å². The smallest absolute Gasteiger partial charge is 0.135 e. The van der Waals surface area contributed by atoms with Gasteiger partial charge < -0.3 is 9.32 Å². The van der Waals surface area contributed by atoms with Crippen LogP contribution in [-0.4, -0.2) is 0 Å². The lowest BCUT2D eigenvalue weighted by atomic mass is 9.98. The van der Waals surface area contributed by atoms with E-state index in [9.17, 15) is 0 Å². The summed E-state index contributed by atoms with van der Waals surface area (Å²) in [4.78, 5) is 2.41. The van der Waals surface area contributed by atoms with Crippen molar-refractivity contribution in [1.82, 2.24) is 0 Å². The lowest BCUT2D eigenvalue weighted by Crippen LogP contribution is -2.10. The third-order valence-electron chi connectivity index (χ3n) is 9.83. The molecule has 0 atom stereocenters. The fraction of sp³-hybridized carbons (Fsp3) is 0. The standard InChI is InChI=1S/C46H29NO/c1-3-10-37-32(9-1)21-26-40-39(37)13-7-14-44(40)47(36-25-20-33-17-16-31-8-2-4-11-38(31)42(33)29-36)35-23-18-30(19-24-35)34-22-27-46-43(28-34)41-12-5-6-15-45(41)48-46/h1-29H. The molecule has 2 heteroatoms. The summed E-state index contributed by atoms with van der Waals surface area (Å²) in [6.45, 7) is 0. The van der Waals surface area contributed by atoms with Gasteiger partial charge in [-0.05, 0) is 97.4 Å². The first kappa shape index (κ1) is 26.8. The molecule has 1 heterocycles. The molecule has 0 N–H and O–H groups in total. The van der Waals surface area contributed by atoms with E-state index < -0.39 is 0 Å². The minimum Gasteiger partial charge on any atom is -0.456 e. The monoisotopic (exact) mass is 611 g/mol. The first-order valence-corrected chi connectivity index (χ1v) is 16.4. The highest BCUT2D eigenvalue weighted by molar-refractivity contribution is 6.14. The number of hydrogen-bond donors (Lipinski definition) is 0. The van der Waals surface area contributed by atoms with Gasteiger partial charge in [-0.3, -0.25) is 0 Å². The van der Waals surface area contributed by atoms with Gasteiger partial charge in [0.25, 0.3) is 0 Å². The average molecular weight is 612 g/mol. The zero-order valence-corrected chi connectivity index (χ0v) is 26.1. The third kappa shape index (κ3) is 4.20. The van der Waals surface area contributed by atoms with E-state index in [0.29, 0.717) is 0 Å². The van der Waals surface area contributed by atoms with Gasteiger partial charge in [0.15, 0.2) is 0 Å². The van der Waals surface area contributed by atoms with Crippen LogP contribution >= 0.6 is 0 Å². The average Bonchev–Trinajstić information content (AvgIpc) is 3.53. The lowest BCUT2D eigenvalue weighted by molar-refractivity contribution is 0.669. The van der Waals surface area contributed by atoms with Crippen molar-refractivity contribution in [3.05, 3.63) is 176 Å². The predicted octanol–water partition coefficient (Wildman–Crippen LogP) is 13.3. The summed E-state index contributed by atoms with van der Waals surface area (Å²) in [5.41, 5.74) is 7.54. The van der Waals surface area contributed by atoms with E-state index in [2.05, 4.69) is 169 Å². The van der Waals surface area contributed by atoms with Crippen molar-refractivity contribution in [2.24, 2.45) is 0 Å². The zero-order valence-electron chi connectivity index (χ0n) is 26.1. The Morgan fingerprint density at radius 3 is 1.71 bits per heavy atom. The second kappa shape index (κ2) is 10.6. The minimum absolute atomic E-state index is 0.912. The van der Waals surface area contributed by atoms with Gasteiger partial charge in [-0.1, -0.05) is 127 Å². The third-order valence-corrected chi connectivity index (χ3v) is 9.83. The molecule has 0 unspecified atom stereocenters. The van der Waals surface area contributed by atoms with Crippen LogP contribution in [0.4, 0.5) is 17.1 Å². The van der Waals surface area contributed by atoms with Crippen molar-refractivity contribution in [2.75, 3.05) is 4.90 Å². The summed E-state index contributed by atoms with van der Waals surface area (Å²) in [6.07, 6.45) is 0. The van der Waals surface area contributed by atoms with Crippen molar-refractivity contribution in [3.63, 3.8) is 0 Å². The number of para-hydroxylation sites is 1. The van der Waals surface area contributed by atoms with E-state index in [1.54, 1.807) is 0 Å². The van der Waals surface area contributed by atoms with Crippen LogP contribution in [-0.2, 0) is 0 Å². The molecular formula is C46H29NO. The largest absolute Gasteiger partial charge is 0.456 e. The Labute approximate surface area is 277 Å². The number of benzene rings is 9. The van der Waals surface area contributed by atoms with E-state index in [-0.39, 0.29) is 0 Å². The van der Waals surface area contributed by atoms with E-state index in [0.717, 1.165) is 39.0 Å². The number of rotatable bonds is 4. The number of hydrogen-bond acceptors (Lipinski definition) is 2. The highest BCUT2D eigenvalue weighted by atomic mass is 16.3. The van der Waals surface area contributed by atoms with E-state index in [4.69, 9.17) is 4.42 Å². The van der Waals surface area contributed by atoms with E-state index >= 15 is 0 Å². The lowest BCUT2D eigenvalue weighted by Gasteiger charge is -2.28. The molecule has 10 rings (SSSR count). The van der Waals surface area contributed by atoms with Crippen LogP contribution in [0.3, 0.4) is 0 Å². The van der Waals surface area contributed by atoms with Crippen LogP contribution in [0.25, 0.3) is 76.2 Å². The maximum Gasteiger partial charge on any atom is 0.135 e. The SMILES string of the molecule is c1ccc2c(c1)ccc1ccc(N(c3ccc(-c4ccc5oc6ccccc6c5c4)cc3)c3cccc4c3ccc3ccccc34)cc12. The first-order chi connectivity index (χ1) is 23.8. The number of fused-ring (bicyclic) bond motifs is 9. The van der Waals surface area contributed by atoms with Crippen molar-refractivity contribution in [2.45, 2.75) is 0 Å². The van der Waals surface area contributed by atoms with Crippen LogP contribution in [0.2, 0.25) is 0 Å². The van der Waals surface area contributed by atoms with Crippen LogP contribution in [0.15, 0.2) is 180 Å². The topological polar surface area (TPSA) is 16.4 Å². The number of nitrogens with zero attached hydrogens (tertiary/aromatic N) is 1. The summed E-state index contributed by atoms with van der Waals surface area (Å²) < 4.78 is 6.10. The maximum atomic E-state index is 6.10. The molecule has 0 spiro atoms. The molecule has 0 aliphatic heterocycles. The van der Waals surface area contributed by atoms with Crippen molar-refractivity contribution < 1.29 is 4.42 Å². The van der Waals surface area contributed by atoms with Crippen LogP contribution in [0, 0.1) is 0 Å². The quantitative estimate of drug-likeness (QED) is 0.184. The highest BCUT2D eigenvalue weighted by Gasteiger charge is 2.18. The maximum absolute atomic E-state index is 6.10. The second-order valence-electron chi connectivity index (χ2n) is 12.5. The van der Waals surface area contributed by atoms with Gasteiger partial charge in [-0.2, -0.15) is 0 Å². The van der Waals surface area contributed by atoms with E-state index in [1.165, 1.54) is 54.2 Å². The van der Waals surface area contributed by atoms with Gasteiger partial charge >= 0.3 is 0 Å². The summed E-state index contributed by atoms with van der Waals surface area (Å²) >= 11 is 0. The first-order valence-electron chi connectivity index (χ1n) is 16.4. The Hall–Kier alpha value is -6.38. The van der Waals surface area contributed by atoms with Crippen molar-refractivity contribution >= 4 is 82.1 Å². The van der Waals surface area contributed by atoms with Gasteiger partial charge in [-0.15, -0.1) is 0 Å². The predicted molar refractivity (Wildman–Crippen MR) is 204 cm³/mol. The summed E-state index contributed by atoms with van der Waals surface area (Å²) in [5.74, 6) is 0. The Morgan fingerprint density at radius 2 is 0.896 bits per heavy atom. The second-order valence-corrected chi connectivity index (χ2v) is 12.5. The molecule has 0 saturated carbocycles. The summed E-state index contributed by atoms with van der Waals surface area (Å²) in [7, 11) is 0.